The van der Waals surface area contributed by atoms with E-state index in [1.54, 1.807) is 11.8 Å². The minimum absolute atomic E-state index is 0.445. The van der Waals surface area contributed by atoms with Crippen LogP contribution in [0.25, 0.3) is 5.69 Å². The average molecular weight is 264 g/mol. The standard InChI is InChI=1S/C13H16N2S2/c1-9(2)12-8-14-13(16)15(12)10-5-4-6-11(7-10)17-3/h4-9H,1-3H3,(H,14,16). The predicted molar refractivity (Wildman–Crippen MR) is 76.8 cm³/mol. The molecule has 0 fully saturated rings. The summed E-state index contributed by atoms with van der Waals surface area (Å²) in [6.45, 7) is 4.35. The Morgan fingerprint density at radius 2 is 2.12 bits per heavy atom. The zero-order valence-corrected chi connectivity index (χ0v) is 11.9. The van der Waals surface area contributed by atoms with Crippen molar-refractivity contribution in [2.75, 3.05) is 6.26 Å². The SMILES string of the molecule is CSc1cccc(-n2c(C(C)C)c[nH]c2=S)c1. The normalized spacial score (nSPS) is 11.1. The maximum absolute atomic E-state index is 5.35. The highest BCUT2D eigenvalue weighted by atomic mass is 32.2. The fraction of sp³-hybridized carbons (Fsp3) is 0.308. The van der Waals surface area contributed by atoms with E-state index in [4.69, 9.17) is 12.2 Å². The van der Waals surface area contributed by atoms with E-state index in [9.17, 15) is 0 Å². The summed E-state index contributed by atoms with van der Waals surface area (Å²) in [7, 11) is 0. The molecule has 4 heteroatoms. The molecule has 0 unspecified atom stereocenters. The molecule has 0 saturated carbocycles. The first kappa shape index (κ1) is 12.5. The van der Waals surface area contributed by atoms with Gasteiger partial charge in [0.2, 0.25) is 0 Å². The lowest BCUT2D eigenvalue weighted by Crippen LogP contribution is -2.01. The number of H-pyrrole nitrogens is 1. The summed E-state index contributed by atoms with van der Waals surface area (Å²) in [4.78, 5) is 4.38. The lowest BCUT2D eigenvalue weighted by molar-refractivity contribution is 0.783. The highest BCUT2D eigenvalue weighted by molar-refractivity contribution is 7.98. The van der Waals surface area contributed by atoms with Crippen molar-refractivity contribution in [2.45, 2.75) is 24.7 Å². The number of imidazole rings is 1. The first-order valence-electron chi connectivity index (χ1n) is 5.58. The number of aromatic amines is 1. The molecule has 1 N–H and O–H groups in total. The molecule has 0 atom stereocenters. The van der Waals surface area contributed by atoms with Crippen molar-refractivity contribution in [3.05, 3.63) is 40.9 Å². The summed E-state index contributed by atoms with van der Waals surface area (Å²) in [6, 6.07) is 8.44. The second-order valence-corrected chi connectivity index (χ2v) is 5.48. The van der Waals surface area contributed by atoms with Gasteiger partial charge < -0.3 is 4.98 Å². The van der Waals surface area contributed by atoms with Crippen LogP contribution in [0, 0.1) is 4.77 Å². The maximum Gasteiger partial charge on any atom is 0.182 e. The number of hydrogen-bond donors (Lipinski definition) is 1. The van der Waals surface area contributed by atoms with Gasteiger partial charge in [0.05, 0.1) is 0 Å². The summed E-state index contributed by atoms with van der Waals surface area (Å²) < 4.78 is 2.87. The van der Waals surface area contributed by atoms with Crippen LogP contribution in [0.15, 0.2) is 35.4 Å². The Labute approximate surface area is 111 Å². The summed E-state index contributed by atoms with van der Waals surface area (Å²) in [6.07, 6.45) is 4.08. The monoisotopic (exact) mass is 264 g/mol. The largest absolute Gasteiger partial charge is 0.337 e. The highest BCUT2D eigenvalue weighted by Crippen LogP contribution is 2.23. The predicted octanol–water partition coefficient (Wildman–Crippen LogP) is 4.38. The van der Waals surface area contributed by atoms with Gasteiger partial charge in [-0.3, -0.25) is 4.57 Å². The maximum atomic E-state index is 5.35. The smallest absolute Gasteiger partial charge is 0.182 e. The molecule has 2 rings (SSSR count). The molecule has 2 aromatic rings. The molecule has 0 aliphatic rings. The molecule has 0 saturated heterocycles. The van der Waals surface area contributed by atoms with Gasteiger partial charge in [0, 0.05) is 22.5 Å². The summed E-state index contributed by atoms with van der Waals surface area (Å²) in [5, 5.41) is 0. The Bertz CT molecular complexity index is 567. The van der Waals surface area contributed by atoms with Gasteiger partial charge in [0.15, 0.2) is 4.77 Å². The summed E-state index contributed by atoms with van der Waals surface area (Å²) in [5.41, 5.74) is 2.35. The Kier molecular flexibility index (Phi) is 3.74. The minimum atomic E-state index is 0.445. The number of rotatable bonds is 3. The summed E-state index contributed by atoms with van der Waals surface area (Å²) in [5.74, 6) is 0.445. The molecule has 90 valence electrons. The molecular formula is C13H16N2S2. The third-order valence-corrected chi connectivity index (χ3v) is 3.73. The van der Waals surface area contributed by atoms with E-state index in [2.05, 4.69) is 53.9 Å². The number of nitrogens with zero attached hydrogens (tertiary/aromatic N) is 1. The molecule has 0 bridgehead atoms. The number of benzene rings is 1. The van der Waals surface area contributed by atoms with Gasteiger partial charge in [0.25, 0.3) is 0 Å². The van der Waals surface area contributed by atoms with E-state index in [1.165, 1.54) is 10.6 Å². The van der Waals surface area contributed by atoms with Crippen LogP contribution in [0.4, 0.5) is 0 Å². The van der Waals surface area contributed by atoms with E-state index in [-0.39, 0.29) is 0 Å². The van der Waals surface area contributed by atoms with Gasteiger partial charge in [-0.15, -0.1) is 11.8 Å². The van der Waals surface area contributed by atoms with Crippen LogP contribution in [0.2, 0.25) is 0 Å². The molecule has 0 aliphatic heterocycles. The number of nitrogens with one attached hydrogen (secondary N) is 1. The molecular weight excluding hydrogens is 248 g/mol. The van der Waals surface area contributed by atoms with Crippen LogP contribution in [0.5, 0.6) is 0 Å². The molecule has 0 amide bonds. The Hall–Kier alpha value is -1.000. The first-order valence-corrected chi connectivity index (χ1v) is 7.21. The second kappa shape index (κ2) is 5.10. The minimum Gasteiger partial charge on any atom is -0.337 e. The second-order valence-electron chi connectivity index (χ2n) is 4.21. The number of hydrogen-bond acceptors (Lipinski definition) is 2. The van der Waals surface area contributed by atoms with Gasteiger partial charge in [-0.1, -0.05) is 19.9 Å². The number of aromatic nitrogens is 2. The van der Waals surface area contributed by atoms with Crippen molar-refractivity contribution in [1.29, 1.82) is 0 Å². The van der Waals surface area contributed by atoms with Crippen LogP contribution >= 0.6 is 24.0 Å². The lowest BCUT2D eigenvalue weighted by atomic mass is 10.1. The van der Waals surface area contributed by atoms with Crippen molar-refractivity contribution in [1.82, 2.24) is 9.55 Å². The van der Waals surface area contributed by atoms with Gasteiger partial charge in [0.1, 0.15) is 0 Å². The Morgan fingerprint density at radius 3 is 2.76 bits per heavy atom. The van der Waals surface area contributed by atoms with E-state index in [1.807, 2.05) is 6.20 Å². The molecule has 2 nitrogen and oxygen atoms in total. The van der Waals surface area contributed by atoms with Crippen LogP contribution in [0.3, 0.4) is 0 Å². The fourth-order valence-electron chi connectivity index (χ4n) is 1.82. The van der Waals surface area contributed by atoms with Crippen molar-refractivity contribution in [3.63, 3.8) is 0 Å². The van der Waals surface area contributed by atoms with Crippen molar-refractivity contribution >= 4 is 24.0 Å². The zero-order valence-electron chi connectivity index (χ0n) is 10.2. The lowest BCUT2D eigenvalue weighted by Gasteiger charge is -2.11. The van der Waals surface area contributed by atoms with E-state index >= 15 is 0 Å². The average Bonchev–Trinajstić information content (AvgIpc) is 2.71. The van der Waals surface area contributed by atoms with E-state index in [0.717, 1.165) is 10.5 Å². The molecule has 0 radical (unpaired) electrons. The quantitative estimate of drug-likeness (QED) is 0.656. The van der Waals surface area contributed by atoms with Crippen LogP contribution in [-0.4, -0.2) is 15.8 Å². The number of thioether (sulfide) groups is 1. The van der Waals surface area contributed by atoms with Crippen LogP contribution < -0.4 is 0 Å². The third-order valence-electron chi connectivity index (χ3n) is 2.71. The highest BCUT2D eigenvalue weighted by Gasteiger charge is 2.09. The van der Waals surface area contributed by atoms with Crippen LogP contribution in [-0.2, 0) is 0 Å². The third kappa shape index (κ3) is 2.48. The van der Waals surface area contributed by atoms with Crippen molar-refractivity contribution < 1.29 is 0 Å². The molecule has 1 heterocycles. The first-order chi connectivity index (χ1) is 8.13. The topological polar surface area (TPSA) is 20.7 Å². The van der Waals surface area contributed by atoms with Gasteiger partial charge in [-0.05, 0) is 42.6 Å². The van der Waals surface area contributed by atoms with Crippen molar-refractivity contribution in [3.8, 4) is 5.69 Å². The Balaban J connectivity index is 2.59. The van der Waals surface area contributed by atoms with Crippen molar-refractivity contribution in [2.24, 2.45) is 0 Å². The van der Waals surface area contributed by atoms with Gasteiger partial charge in [-0.2, -0.15) is 0 Å². The molecule has 17 heavy (non-hydrogen) atoms. The zero-order chi connectivity index (χ0) is 12.4. The molecule has 1 aromatic heterocycles. The van der Waals surface area contributed by atoms with Crippen LogP contribution in [0.1, 0.15) is 25.5 Å². The van der Waals surface area contributed by atoms with E-state index in [0.29, 0.717) is 5.92 Å². The molecule has 0 spiro atoms. The van der Waals surface area contributed by atoms with Gasteiger partial charge in [-0.25, -0.2) is 0 Å². The molecule has 1 aromatic carbocycles. The molecule has 0 aliphatic carbocycles. The van der Waals surface area contributed by atoms with E-state index < -0.39 is 0 Å². The summed E-state index contributed by atoms with van der Waals surface area (Å²) >= 11 is 7.10. The van der Waals surface area contributed by atoms with Gasteiger partial charge >= 0.3 is 0 Å². The Morgan fingerprint density at radius 1 is 1.35 bits per heavy atom. The fourth-order valence-corrected chi connectivity index (χ4v) is 2.55.